The Morgan fingerprint density at radius 3 is 1.69 bits per heavy atom. The normalized spacial score (nSPS) is 5.38. The first-order chi connectivity index (χ1) is 5.27. The van der Waals surface area contributed by atoms with E-state index in [0.29, 0.717) is 13.0 Å². The minimum absolute atomic E-state index is 0. The van der Waals surface area contributed by atoms with Crippen molar-refractivity contribution in [2.75, 3.05) is 20.8 Å². The Hall–Kier alpha value is 0.104. The fourth-order valence-corrected chi connectivity index (χ4v) is 0.216. The van der Waals surface area contributed by atoms with Crippen molar-refractivity contribution >= 4 is 5.97 Å². The molecular formula is C8H20O4Ti. The maximum absolute atomic E-state index is 9.95. The van der Waals surface area contributed by atoms with E-state index in [-0.39, 0.29) is 35.1 Å². The van der Waals surface area contributed by atoms with Gasteiger partial charge in [-0.2, -0.15) is 0 Å². The predicted molar refractivity (Wildman–Crippen MR) is 49.3 cm³/mol. The van der Waals surface area contributed by atoms with Crippen LogP contribution in [0.5, 0.6) is 0 Å². The molecule has 5 heteroatoms. The molecule has 0 saturated carbocycles. The average Bonchev–Trinajstić information content (AvgIpc) is 2.08. The molecule has 0 heterocycles. The largest absolute Gasteiger partial charge is 2.00 e. The number of carbonyl (C=O) groups is 1. The molecule has 0 saturated heterocycles. The number of rotatable bonds is 2. The van der Waals surface area contributed by atoms with Gasteiger partial charge in [0.15, 0.2) is 0 Å². The van der Waals surface area contributed by atoms with Gasteiger partial charge in [-0.25, -0.2) is 0 Å². The molecule has 0 atom stereocenters. The molecule has 0 fully saturated rings. The van der Waals surface area contributed by atoms with E-state index in [2.05, 4.69) is 11.7 Å². The summed E-state index contributed by atoms with van der Waals surface area (Å²) >= 11 is 0. The van der Waals surface area contributed by atoms with Crippen molar-refractivity contribution in [1.82, 2.24) is 0 Å². The summed E-state index contributed by atoms with van der Waals surface area (Å²) in [4.78, 5) is 9.95. The predicted octanol–water partition coefficient (Wildman–Crippen LogP) is 0.438. The SMILES string of the molecule is CO.CO.[CH2-]CCOC(C)=O.[CH3-].[Ti+2]. The van der Waals surface area contributed by atoms with Gasteiger partial charge in [-0.3, -0.25) is 4.79 Å². The summed E-state index contributed by atoms with van der Waals surface area (Å²) in [7, 11) is 2.00. The van der Waals surface area contributed by atoms with Gasteiger partial charge < -0.3 is 29.3 Å². The number of hydrogen-bond acceptors (Lipinski definition) is 4. The van der Waals surface area contributed by atoms with Gasteiger partial charge in [-0.1, -0.05) is 0 Å². The van der Waals surface area contributed by atoms with Gasteiger partial charge in [0.05, 0.1) is 6.61 Å². The number of carbonyl (C=O) groups excluding carboxylic acids is 1. The molecule has 0 aliphatic carbocycles. The fourth-order valence-electron chi connectivity index (χ4n) is 0.216. The smallest absolute Gasteiger partial charge is 0.469 e. The van der Waals surface area contributed by atoms with Crippen LogP contribution in [0, 0.1) is 14.4 Å². The Kier molecular flexibility index (Phi) is 90.1. The molecule has 0 aliphatic heterocycles. The second kappa shape index (κ2) is 40.1. The van der Waals surface area contributed by atoms with Crippen LogP contribution in [0.4, 0.5) is 0 Å². The average molecular weight is 228 g/mol. The first-order valence-electron chi connectivity index (χ1n) is 3.09. The van der Waals surface area contributed by atoms with E-state index in [1.807, 2.05) is 0 Å². The zero-order valence-corrected chi connectivity index (χ0v) is 10.4. The summed E-state index contributed by atoms with van der Waals surface area (Å²) < 4.78 is 4.49. The van der Waals surface area contributed by atoms with E-state index < -0.39 is 0 Å². The Morgan fingerprint density at radius 2 is 1.62 bits per heavy atom. The Balaban J connectivity index is -0.0000000315. The minimum atomic E-state index is -0.233. The summed E-state index contributed by atoms with van der Waals surface area (Å²) in [5.74, 6) is -0.233. The van der Waals surface area contributed by atoms with E-state index in [4.69, 9.17) is 10.2 Å². The van der Waals surface area contributed by atoms with Crippen LogP contribution in [-0.4, -0.2) is 37.0 Å². The van der Waals surface area contributed by atoms with Crippen LogP contribution in [0.1, 0.15) is 13.3 Å². The van der Waals surface area contributed by atoms with Crippen LogP contribution in [0.3, 0.4) is 0 Å². The van der Waals surface area contributed by atoms with Crippen molar-refractivity contribution in [1.29, 1.82) is 0 Å². The fraction of sp³-hybridized carbons (Fsp3) is 0.625. The number of hydrogen-bond donors (Lipinski definition) is 2. The van der Waals surface area contributed by atoms with Crippen LogP contribution in [0.25, 0.3) is 0 Å². The molecule has 80 valence electrons. The van der Waals surface area contributed by atoms with Crippen molar-refractivity contribution in [3.63, 3.8) is 0 Å². The molecule has 4 nitrogen and oxygen atoms in total. The van der Waals surface area contributed by atoms with Gasteiger partial charge >= 0.3 is 27.7 Å². The third-order valence-electron chi connectivity index (χ3n) is 0.450. The minimum Gasteiger partial charge on any atom is -0.469 e. The zero-order chi connectivity index (χ0) is 9.70. The van der Waals surface area contributed by atoms with Crippen molar-refractivity contribution in [2.45, 2.75) is 13.3 Å². The zero-order valence-electron chi connectivity index (χ0n) is 8.83. The van der Waals surface area contributed by atoms with Crippen LogP contribution in [-0.2, 0) is 31.2 Å². The van der Waals surface area contributed by atoms with Gasteiger partial charge in [-0.05, 0) is 0 Å². The number of ether oxygens (including phenoxy) is 1. The van der Waals surface area contributed by atoms with Crippen LogP contribution < -0.4 is 0 Å². The standard InChI is InChI=1S/C5H9O2.2CH4O.CH3.Ti/c1-3-4-7-5(2)6;2*1-2;;/h1,3-4H2,2H3;2*2H,1H3;1H3;/q-1;;;-1;+2. The Labute approximate surface area is 96.2 Å². The molecule has 0 aromatic heterocycles. The molecule has 0 bridgehead atoms. The van der Waals surface area contributed by atoms with E-state index in [1.54, 1.807) is 0 Å². The van der Waals surface area contributed by atoms with Gasteiger partial charge in [0.1, 0.15) is 0 Å². The second-order valence-electron chi connectivity index (χ2n) is 1.19. The molecule has 2 N–H and O–H groups in total. The first-order valence-corrected chi connectivity index (χ1v) is 3.09. The maximum atomic E-state index is 9.95. The van der Waals surface area contributed by atoms with E-state index in [1.165, 1.54) is 6.92 Å². The molecule has 0 radical (unpaired) electrons. The Morgan fingerprint density at radius 1 is 1.31 bits per heavy atom. The molecule has 0 rings (SSSR count). The van der Waals surface area contributed by atoms with E-state index >= 15 is 0 Å². The molecule has 0 aliphatic rings. The maximum Gasteiger partial charge on any atom is 2.00 e. The molecule has 0 spiro atoms. The van der Waals surface area contributed by atoms with Crippen LogP contribution >= 0.6 is 0 Å². The quantitative estimate of drug-likeness (QED) is 0.409. The van der Waals surface area contributed by atoms with Crippen molar-refractivity contribution in [2.24, 2.45) is 0 Å². The van der Waals surface area contributed by atoms with Crippen LogP contribution in [0.2, 0.25) is 0 Å². The molecule has 0 unspecified atom stereocenters. The third kappa shape index (κ3) is 73.4. The van der Waals surface area contributed by atoms with Gasteiger partial charge in [0, 0.05) is 21.1 Å². The second-order valence-corrected chi connectivity index (χ2v) is 1.19. The van der Waals surface area contributed by atoms with Crippen LogP contribution in [0.15, 0.2) is 0 Å². The monoisotopic (exact) mass is 228 g/mol. The Bertz CT molecular complexity index is 69.2. The topological polar surface area (TPSA) is 66.8 Å². The summed E-state index contributed by atoms with van der Waals surface area (Å²) in [6.07, 6.45) is 0.652. The van der Waals surface area contributed by atoms with Gasteiger partial charge in [0.2, 0.25) is 0 Å². The summed E-state index contributed by atoms with van der Waals surface area (Å²) in [5.41, 5.74) is 0. The molecule has 0 aromatic rings. The van der Waals surface area contributed by atoms with Crippen molar-refractivity contribution in [3.8, 4) is 0 Å². The summed E-state index contributed by atoms with van der Waals surface area (Å²) in [6.45, 7) is 5.30. The van der Waals surface area contributed by atoms with E-state index in [0.717, 1.165) is 14.2 Å². The van der Waals surface area contributed by atoms with Crippen molar-refractivity contribution < 1.29 is 41.5 Å². The third-order valence-corrected chi connectivity index (χ3v) is 0.450. The van der Waals surface area contributed by atoms with Gasteiger partial charge in [0.25, 0.3) is 0 Å². The number of aliphatic hydroxyl groups is 2. The molecular weight excluding hydrogens is 208 g/mol. The van der Waals surface area contributed by atoms with Crippen molar-refractivity contribution in [3.05, 3.63) is 14.4 Å². The number of aliphatic hydroxyl groups excluding tert-OH is 2. The molecule has 0 aromatic carbocycles. The summed E-state index contributed by atoms with van der Waals surface area (Å²) in [5, 5.41) is 14.0. The first kappa shape index (κ1) is 29.2. The van der Waals surface area contributed by atoms with Gasteiger partial charge in [-0.15, -0.1) is 6.42 Å². The molecule has 0 amide bonds. The van der Waals surface area contributed by atoms with E-state index in [9.17, 15) is 4.79 Å². The number of esters is 1. The molecule has 13 heavy (non-hydrogen) atoms. The summed E-state index contributed by atoms with van der Waals surface area (Å²) in [6, 6.07) is 0.